The van der Waals surface area contributed by atoms with E-state index >= 15 is 0 Å². The number of aliphatic carboxylic acids is 1. The average molecular weight is 266 g/mol. The number of imidazole rings is 1. The molecule has 1 aromatic heterocycles. The zero-order valence-corrected chi connectivity index (χ0v) is 10.7. The standard InChI is InChI=1S/C12H18N4O3/c1-12(13,7-2-3-7)11(19)16-9(10(17)18)4-8-5-14-6-15-8/h5-7,9H,2-4,13H2,1H3,(H,14,15)(H,16,19)(H,17,18)/t9-,12?/m0/s1. The number of rotatable bonds is 6. The van der Waals surface area contributed by atoms with Crippen molar-refractivity contribution < 1.29 is 14.7 Å². The van der Waals surface area contributed by atoms with Crippen molar-refractivity contribution in [1.82, 2.24) is 15.3 Å². The summed E-state index contributed by atoms with van der Waals surface area (Å²) >= 11 is 0. The van der Waals surface area contributed by atoms with Crippen molar-refractivity contribution in [3.8, 4) is 0 Å². The Balaban J connectivity index is 2.00. The Morgan fingerprint density at radius 2 is 2.37 bits per heavy atom. The summed E-state index contributed by atoms with van der Waals surface area (Å²) in [6.07, 6.45) is 4.98. The van der Waals surface area contributed by atoms with Crippen molar-refractivity contribution in [2.24, 2.45) is 11.7 Å². The van der Waals surface area contributed by atoms with Gasteiger partial charge in [-0.2, -0.15) is 0 Å². The van der Waals surface area contributed by atoms with Crippen LogP contribution in [-0.2, 0) is 16.0 Å². The molecule has 0 spiro atoms. The molecular weight excluding hydrogens is 248 g/mol. The molecule has 2 rings (SSSR count). The van der Waals surface area contributed by atoms with Crippen LogP contribution in [0.5, 0.6) is 0 Å². The number of hydrogen-bond acceptors (Lipinski definition) is 4. The van der Waals surface area contributed by atoms with E-state index in [4.69, 9.17) is 10.8 Å². The molecule has 0 aromatic carbocycles. The van der Waals surface area contributed by atoms with Gasteiger partial charge < -0.3 is 21.1 Å². The molecule has 0 radical (unpaired) electrons. The molecule has 1 aliphatic rings. The van der Waals surface area contributed by atoms with E-state index in [2.05, 4.69) is 15.3 Å². The number of nitrogens with two attached hydrogens (primary N) is 1. The summed E-state index contributed by atoms with van der Waals surface area (Å²) in [7, 11) is 0. The van der Waals surface area contributed by atoms with Crippen LogP contribution in [0.4, 0.5) is 0 Å². The number of carboxylic acids is 1. The van der Waals surface area contributed by atoms with Gasteiger partial charge in [-0.15, -0.1) is 0 Å². The predicted octanol–water partition coefficient (Wildman–Crippen LogP) is -0.351. The third-order valence-corrected chi connectivity index (χ3v) is 3.50. The number of amides is 1. The van der Waals surface area contributed by atoms with E-state index in [0.29, 0.717) is 5.69 Å². The van der Waals surface area contributed by atoms with Gasteiger partial charge in [0.15, 0.2) is 0 Å². The van der Waals surface area contributed by atoms with Gasteiger partial charge in [0.2, 0.25) is 5.91 Å². The minimum atomic E-state index is -1.09. The number of aromatic amines is 1. The van der Waals surface area contributed by atoms with Gasteiger partial charge in [0, 0.05) is 18.3 Å². The van der Waals surface area contributed by atoms with Crippen LogP contribution in [0, 0.1) is 5.92 Å². The fraction of sp³-hybridized carbons (Fsp3) is 0.583. The minimum Gasteiger partial charge on any atom is -0.480 e. The SMILES string of the molecule is CC(N)(C(=O)N[C@@H](Cc1cnc[nH]1)C(=O)O)C1CC1. The lowest BCUT2D eigenvalue weighted by molar-refractivity contribution is -0.142. The minimum absolute atomic E-state index is 0.147. The first-order chi connectivity index (χ1) is 8.91. The Kier molecular flexibility index (Phi) is 3.57. The van der Waals surface area contributed by atoms with Gasteiger partial charge in [0.1, 0.15) is 6.04 Å². The second-order valence-electron chi connectivity index (χ2n) is 5.20. The molecule has 1 aliphatic carbocycles. The summed E-state index contributed by atoms with van der Waals surface area (Å²) in [5.74, 6) is -1.36. The van der Waals surface area contributed by atoms with Gasteiger partial charge >= 0.3 is 5.97 Å². The topological polar surface area (TPSA) is 121 Å². The lowest BCUT2D eigenvalue weighted by atomic mass is 9.95. The van der Waals surface area contributed by atoms with E-state index in [9.17, 15) is 9.59 Å². The molecule has 1 aromatic rings. The summed E-state index contributed by atoms with van der Waals surface area (Å²) in [5.41, 5.74) is 5.61. The van der Waals surface area contributed by atoms with E-state index in [1.165, 1.54) is 12.5 Å². The second kappa shape index (κ2) is 5.00. The molecule has 0 aliphatic heterocycles. The molecule has 7 heteroatoms. The number of carbonyl (C=O) groups is 2. The first-order valence-corrected chi connectivity index (χ1v) is 6.21. The van der Waals surface area contributed by atoms with Crippen LogP contribution >= 0.6 is 0 Å². The quantitative estimate of drug-likeness (QED) is 0.560. The molecular formula is C12H18N4O3. The molecule has 1 heterocycles. The van der Waals surface area contributed by atoms with Crippen LogP contribution < -0.4 is 11.1 Å². The maximum Gasteiger partial charge on any atom is 0.326 e. The number of nitrogens with zero attached hydrogens (tertiary/aromatic N) is 1. The third kappa shape index (κ3) is 3.11. The van der Waals surface area contributed by atoms with Crippen molar-refractivity contribution in [2.45, 2.75) is 37.8 Å². The van der Waals surface area contributed by atoms with Crippen molar-refractivity contribution in [3.05, 3.63) is 18.2 Å². The van der Waals surface area contributed by atoms with E-state index in [-0.39, 0.29) is 12.3 Å². The number of carboxylic acid groups (broad SMARTS) is 1. The fourth-order valence-electron chi connectivity index (χ4n) is 2.00. The van der Waals surface area contributed by atoms with Crippen LogP contribution in [0.15, 0.2) is 12.5 Å². The van der Waals surface area contributed by atoms with Gasteiger partial charge in [-0.3, -0.25) is 4.79 Å². The highest BCUT2D eigenvalue weighted by atomic mass is 16.4. The number of hydrogen-bond donors (Lipinski definition) is 4. The summed E-state index contributed by atoms with van der Waals surface area (Å²) in [4.78, 5) is 29.9. The molecule has 1 amide bonds. The van der Waals surface area contributed by atoms with Crippen molar-refractivity contribution in [1.29, 1.82) is 0 Å². The van der Waals surface area contributed by atoms with Crippen molar-refractivity contribution in [3.63, 3.8) is 0 Å². The van der Waals surface area contributed by atoms with Crippen LogP contribution in [-0.4, -0.2) is 38.5 Å². The van der Waals surface area contributed by atoms with Crippen LogP contribution in [0.3, 0.4) is 0 Å². The smallest absolute Gasteiger partial charge is 0.326 e. The average Bonchev–Trinajstić information content (AvgIpc) is 3.08. The maximum absolute atomic E-state index is 12.1. The van der Waals surface area contributed by atoms with Crippen molar-refractivity contribution >= 4 is 11.9 Å². The van der Waals surface area contributed by atoms with E-state index in [0.717, 1.165) is 12.8 Å². The first-order valence-electron chi connectivity index (χ1n) is 6.21. The van der Waals surface area contributed by atoms with Crippen molar-refractivity contribution in [2.75, 3.05) is 0 Å². The van der Waals surface area contributed by atoms with E-state index < -0.39 is 23.5 Å². The van der Waals surface area contributed by atoms with Gasteiger partial charge in [0.25, 0.3) is 0 Å². The molecule has 0 saturated heterocycles. The van der Waals surface area contributed by atoms with Crippen LogP contribution in [0.1, 0.15) is 25.5 Å². The third-order valence-electron chi connectivity index (χ3n) is 3.50. The Hall–Kier alpha value is -1.89. The zero-order chi connectivity index (χ0) is 14.0. The highest BCUT2D eigenvalue weighted by molar-refractivity contribution is 5.90. The normalized spacial score (nSPS) is 19.5. The summed E-state index contributed by atoms with van der Waals surface area (Å²) < 4.78 is 0. The number of nitrogens with one attached hydrogen (secondary N) is 2. The highest BCUT2D eigenvalue weighted by Gasteiger charge is 2.45. The Morgan fingerprint density at radius 1 is 1.68 bits per heavy atom. The number of H-pyrrole nitrogens is 1. The predicted molar refractivity (Wildman–Crippen MR) is 67.2 cm³/mol. The molecule has 7 nitrogen and oxygen atoms in total. The molecule has 104 valence electrons. The fourth-order valence-corrected chi connectivity index (χ4v) is 2.00. The molecule has 19 heavy (non-hydrogen) atoms. The van der Waals surface area contributed by atoms with E-state index in [1.54, 1.807) is 6.92 Å². The Morgan fingerprint density at radius 3 is 2.84 bits per heavy atom. The number of aromatic nitrogens is 2. The number of carbonyl (C=O) groups excluding carboxylic acids is 1. The summed E-state index contributed by atoms with van der Waals surface area (Å²) in [5, 5.41) is 11.7. The maximum atomic E-state index is 12.1. The first kappa shape index (κ1) is 13.5. The van der Waals surface area contributed by atoms with Gasteiger partial charge in [-0.25, -0.2) is 9.78 Å². The van der Waals surface area contributed by atoms with Gasteiger partial charge in [-0.05, 0) is 25.7 Å². The van der Waals surface area contributed by atoms with Crippen LogP contribution in [0.25, 0.3) is 0 Å². The molecule has 1 fully saturated rings. The van der Waals surface area contributed by atoms with Crippen LogP contribution in [0.2, 0.25) is 0 Å². The molecule has 1 saturated carbocycles. The zero-order valence-electron chi connectivity index (χ0n) is 10.7. The van der Waals surface area contributed by atoms with E-state index in [1.807, 2.05) is 0 Å². The summed E-state index contributed by atoms with van der Waals surface area (Å²) in [6, 6.07) is -1.01. The lowest BCUT2D eigenvalue weighted by Gasteiger charge is -2.25. The monoisotopic (exact) mass is 266 g/mol. The largest absolute Gasteiger partial charge is 0.480 e. The second-order valence-corrected chi connectivity index (χ2v) is 5.20. The summed E-state index contributed by atoms with van der Waals surface area (Å²) in [6.45, 7) is 1.65. The molecule has 1 unspecified atom stereocenters. The molecule has 5 N–H and O–H groups in total. The Bertz CT molecular complexity index is 465. The van der Waals surface area contributed by atoms with Gasteiger partial charge in [-0.1, -0.05) is 0 Å². The lowest BCUT2D eigenvalue weighted by Crippen LogP contribution is -2.57. The highest BCUT2D eigenvalue weighted by Crippen LogP contribution is 2.38. The molecule has 0 bridgehead atoms. The Labute approximate surface area is 110 Å². The van der Waals surface area contributed by atoms with Gasteiger partial charge in [0.05, 0.1) is 11.9 Å². The molecule has 2 atom stereocenters.